The normalized spacial score (nSPS) is 30.2. The van der Waals surface area contributed by atoms with Crippen molar-refractivity contribution in [2.75, 3.05) is 6.54 Å². The molecule has 0 aliphatic heterocycles. The number of allylic oxidation sites excluding steroid dienone is 2. The Balaban J connectivity index is 1.62. The smallest absolute Gasteiger partial charge is 0.0644 e. The zero-order chi connectivity index (χ0) is 13.6. The van der Waals surface area contributed by atoms with Gasteiger partial charge >= 0.3 is 0 Å². The van der Waals surface area contributed by atoms with Gasteiger partial charge in [-0.25, -0.2) is 0 Å². The Kier molecular flexibility index (Phi) is 3.25. The van der Waals surface area contributed by atoms with Crippen molar-refractivity contribution in [3.05, 3.63) is 29.1 Å². The third-order valence-electron chi connectivity index (χ3n) is 5.10. The standard InChI is InChI=1S/C16H25N3/c1-10(16-11(2)18-19(4)12(16)3)17-9-15-8-13-5-6-14(15)7-13/h5-6,10,13-15,17H,7-9H2,1-4H3/t10-,13+,14+,15-/m1/s1. The molecule has 0 aromatic carbocycles. The molecule has 0 saturated heterocycles. The van der Waals surface area contributed by atoms with E-state index in [-0.39, 0.29) is 0 Å². The first-order valence-corrected chi connectivity index (χ1v) is 7.48. The first-order valence-electron chi connectivity index (χ1n) is 7.48. The van der Waals surface area contributed by atoms with E-state index >= 15 is 0 Å². The van der Waals surface area contributed by atoms with Crippen molar-refractivity contribution in [2.24, 2.45) is 24.8 Å². The summed E-state index contributed by atoms with van der Waals surface area (Å²) in [7, 11) is 2.03. The lowest BCUT2D eigenvalue weighted by Crippen LogP contribution is -2.28. The van der Waals surface area contributed by atoms with E-state index in [0.717, 1.165) is 30.0 Å². The minimum Gasteiger partial charge on any atom is -0.310 e. The Morgan fingerprint density at radius 2 is 2.16 bits per heavy atom. The van der Waals surface area contributed by atoms with Gasteiger partial charge in [0.15, 0.2) is 0 Å². The Labute approximate surface area is 116 Å². The van der Waals surface area contributed by atoms with Crippen LogP contribution in [0.25, 0.3) is 0 Å². The Hall–Kier alpha value is -1.09. The van der Waals surface area contributed by atoms with Gasteiger partial charge in [-0.2, -0.15) is 5.10 Å². The van der Waals surface area contributed by atoms with Crippen LogP contribution in [0.15, 0.2) is 12.2 Å². The SMILES string of the molecule is Cc1nn(C)c(C)c1[C@@H](C)NC[C@H]1C[C@H]2C=C[C@H]1C2. The molecule has 2 bridgehead atoms. The first-order chi connectivity index (χ1) is 9.06. The van der Waals surface area contributed by atoms with E-state index in [2.05, 4.69) is 43.3 Å². The third-order valence-corrected chi connectivity index (χ3v) is 5.10. The second-order valence-electron chi connectivity index (χ2n) is 6.38. The molecule has 3 rings (SSSR count). The summed E-state index contributed by atoms with van der Waals surface area (Å²) < 4.78 is 1.99. The van der Waals surface area contributed by atoms with Gasteiger partial charge in [0, 0.05) is 24.3 Å². The number of nitrogens with zero attached hydrogens (tertiary/aromatic N) is 2. The van der Waals surface area contributed by atoms with Crippen molar-refractivity contribution in [2.45, 2.75) is 39.7 Å². The molecule has 2 aliphatic carbocycles. The Morgan fingerprint density at radius 1 is 1.37 bits per heavy atom. The second kappa shape index (κ2) is 4.78. The molecule has 1 heterocycles. The van der Waals surface area contributed by atoms with Crippen molar-refractivity contribution in [3.63, 3.8) is 0 Å². The van der Waals surface area contributed by atoms with Gasteiger partial charge in [-0.05, 0) is 57.9 Å². The van der Waals surface area contributed by atoms with E-state index in [4.69, 9.17) is 0 Å². The third kappa shape index (κ3) is 2.25. The molecule has 104 valence electrons. The predicted octanol–water partition coefficient (Wildman–Crippen LogP) is 2.90. The molecule has 0 spiro atoms. The average Bonchev–Trinajstić information content (AvgIpc) is 3.03. The van der Waals surface area contributed by atoms with Crippen LogP contribution in [-0.4, -0.2) is 16.3 Å². The highest BCUT2D eigenvalue weighted by molar-refractivity contribution is 5.27. The van der Waals surface area contributed by atoms with Crippen LogP contribution in [0.4, 0.5) is 0 Å². The predicted molar refractivity (Wildman–Crippen MR) is 77.9 cm³/mol. The lowest BCUT2D eigenvalue weighted by atomic mass is 9.93. The summed E-state index contributed by atoms with van der Waals surface area (Å²) in [5.74, 6) is 2.55. The molecule has 4 atom stereocenters. The molecule has 3 nitrogen and oxygen atoms in total. The summed E-state index contributed by atoms with van der Waals surface area (Å²) in [6.07, 6.45) is 7.63. The van der Waals surface area contributed by atoms with Gasteiger partial charge in [-0.3, -0.25) is 4.68 Å². The summed E-state index contributed by atoms with van der Waals surface area (Å²) in [6.45, 7) is 7.68. The quantitative estimate of drug-likeness (QED) is 0.843. The lowest BCUT2D eigenvalue weighted by Gasteiger charge is -2.22. The van der Waals surface area contributed by atoms with Crippen LogP contribution >= 0.6 is 0 Å². The minimum atomic E-state index is 0.400. The molecule has 3 heteroatoms. The summed E-state index contributed by atoms with van der Waals surface area (Å²) in [5, 5.41) is 8.25. The van der Waals surface area contributed by atoms with Crippen LogP contribution in [0.3, 0.4) is 0 Å². The van der Waals surface area contributed by atoms with E-state index < -0.39 is 0 Å². The van der Waals surface area contributed by atoms with Gasteiger partial charge in [0.05, 0.1) is 5.69 Å². The monoisotopic (exact) mass is 259 g/mol. The van der Waals surface area contributed by atoms with E-state index in [1.54, 1.807) is 0 Å². The van der Waals surface area contributed by atoms with Crippen molar-refractivity contribution < 1.29 is 0 Å². The molecule has 0 unspecified atom stereocenters. The molecule has 2 aliphatic rings. The molecular formula is C16H25N3. The summed E-state index contributed by atoms with van der Waals surface area (Å²) in [4.78, 5) is 0. The summed E-state index contributed by atoms with van der Waals surface area (Å²) in [5.41, 5.74) is 3.82. The number of aromatic nitrogens is 2. The lowest BCUT2D eigenvalue weighted by molar-refractivity contribution is 0.392. The van der Waals surface area contributed by atoms with Crippen molar-refractivity contribution >= 4 is 0 Å². The first kappa shape index (κ1) is 12.9. The molecule has 19 heavy (non-hydrogen) atoms. The largest absolute Gasteiger partial charge is 0.310 e. The van der Waals surface area contributed by atoms with E-state index in [0.29, 0.717) is 6.04 Å². The maximum absolute atomic E-state index is 4.52. The Morgan fingerprint density at radius 3 is 2.68 bits per heavy atom. The fourth-order valence-corrected chi connectivity index (χ4v) is 3.98. The van der Waals surface area contributed by atoms with Gasteiger partial charge in [0.25, 0.3) is 0 Å². The molecule has 1 N–H and O–H groups in total. The number of hydrogen-bond acceptors (Lipinski definition) is 2. The number of nitrogens with one attached hydrogen (secondary N) is 1. The number of fused-ring (bicyclic) bond motifs is 2. The van der Waals surface area contributed by atoms with Crippen LogP contribution in [0, 0.1) is 31.6 Å². The highest BCUT2D eigenvalue weighted by Crippen LogP contribution is 2.43. The second-order valence-corrected chi connectivity index (χ2v) is 6.38. The fraction of sp³-hybridized carbons (Fsp3) is 0.688. The van der Waals surface area contributed by atoms with Crippen molar-refractivity contribution in [1.29, 1.82) is 0 Å². The molecule has 1 saturated carbocycles. The maximum atomic E-state index is 4.52. The molecule has 1 aromatic rings. The molecule has 0 amide bonds. The molecule has 1 fully saturated rings. The molecular weight excluding hydrogens is 234 g/mol. The molecule has 1 aromatic heterocycles. The summed E-state index contributed by atoms with van der Waals surface area (Å²) >= 11 is 0. The van der Waals surface area contributed by atoms with Gasteiger partial charge in [-0.15, -0.1) is 0 Å². The van der Waals surface area contributed by atoms with Gasteiger partial charge in [-0.1, -0.05) is 12.2 Å². The minimum absolute atomic E-state index is 0.400. The van der Waals surface area contributed by atoms with Crippen LogP contribution in [0.2, 0.25) is 0 Å². The number of hydrogen-bond donors (Lipinski definition) is 1. The molecule has 0 radical (unpaired) electrons. The summed E-state index contributed by atoms with van der Waals surface area (Å²) in [6, 6.07) is 0.400. The highest BCUT2D eigenvalue weighted by atomic mass is 15.3. The Bertz CT molecular complexity index is 500. The van der Waals surface area contributed by atoms with E-state index in [1.807, 2.05) is 11.7 Å². The van der Waals surface area contributed by atoms with Crippen molar-refractivity contribution in [1.82, 2.24) is 15.1 Å². The maximum Gasteiger partial charge on any atom is 0.0644 e. The van der Waals surface area contributed by atoms with E-state index in [1.165, 1.54) is 24.1 Å². The van der Waals surface area contributed by atoms with Gasteiger partial charge in [0.2, 0.25) is 0 Å². The van der Waals surface area contributed by atoms with Gasteiger partial charge < -0.3 is 5.32 Å². The fourth-order valence-electron chi connectivity index (χ4n) is 3.98. The average molecular weight is 259 g/mol. The van der Waals surface area contributed by atoms with Crippen LogP contribution in [0.1, 0.15) is 42.8 Å². The van der Waals surface area contributed by atoms with Crippen LogP contribution < -0.4 is 5.32 Å². The number of rotatable bonds is 4. The van der Waals surface area contributed by atoms with E-state index in [9.17, 15) is 0 Å². The topological polar surface area (TPSA) is 29.9 Å². The zero-order valence-electron chi connectivity index (χ0n) is 12.5. The zero-order valence-corrected chi connectivity index (χ0v) is 12.5. The van der Waals surface area contributed by atoms with Crippen LogP contribution in [0.5, 0.6) is 0 Å². The number of aryl methyl sites for hydroxylation is 2. The van der Waals surface area contributed by atoms with Crippen LogP contribution in [-0.2, 0) is 7.05 Å². The highest BCUT2D eigenvalue weighted by Gasteiger charge is 2.35. The van der Waals surface area contributed by atoms with Gasteiger partial charge in [0.1, 0.15) is 0 Å². The van der Waals surface area contributed by atoms with Crippen molar-refractivity contribution in [3.8, 4) is 0 Å².